The van der Waals surface area contributed by atoms with Gasteiger partial charge in [-0.05, 0) is 36.8 Å². The Labute approximate surface area is 138 Å². The molecule has 2 N–H and O–H groups in total. The first-order valence-electron chi connectivity index (χ1n) is 6.48. The van der Waals surface area contributed by atoms with Crippen LogP contribution in [0.2, 0.25) is 0 Å². The van der Waals surface area contributed by atoms with Crippen LogP contribution >= 0.6 is 28.1 Å². The third-order valence-corrected chi connectivity index (χ3v) is 3.61. The van der Waals surface area contributed by atoms with Crippen molar-refractivity contribution >= 4 is 33.1 Å². The summed E-state index contributed by atoms with van der Waals surface area (Å²) < 4.78 is 12.4. The summed E-state index contributed by atoms with van der Waals surface area (Å²) in [6.45, 7) is 2.87. The van der Waals surface area contributed by atoms with Gasteiger partial charge in [-0.1, -0.05) is 46.3 Å². The molecule has 0 spiro atoms. The molecular weight excluding hydrogens is 350 g/mol. The van der Waals surface area contributed by atoms with E-state index in [1.165, 1.54) is 0 Å². The maximum atomic E-state index is 5.72. The minimum atomic E-state index is 0.328. The highest BCUT2D eigenvalue weighted by Gasteiger charge is 2.05. The maximum Gasteiger partial charge on any atom is 0.129 e. The lowest BCUT2D eigenvalue weighted by molar-refractivity contribution is 0.216. The first-order chi connectivity index (χ1) is 10.1. The Kier molecular flexibility index (Phi) is 5.59. The average molecular weight is 366 g/mol. The molecule has 110 valence electrons. The fourth-order valence-corrected chi connectivity index (χ4v) is 2.34. The van der Waals surface area contributed by atoms with Crippen molar-refractivity contribution in [3.8, 4) is 11.5 Å². The molecule has 0 aliphatic carbocycles. The summed E-state index contributed by atoms with van der Waals surface area (Å²) in [7, 11) is 0. The summed E-state index contributed by atoms with van der Waals surface area (Å²) >= 11 is 8.43. The van der Waals surface area contributed by atoms with E-state index in [9.17, 15) is 0 Å². The van der Waals surface area contributed by atoms with Gasteiger partial charge >= 0.3 is 0 Å². The second-order valence-electron chi connectivity index (χ2n) is 4.47. The molecule has 2 aromatic rings. The van der Waals surface area contributed by atoms with E-state index in [2.05, 4.69) is 15.9 Å². The van der Waals surface area contributed by atoms with Gasteiger partial charge in [-0.15, -0.1) is 0 Å². The predicted octanol–water partition coefficient (Wildman–Crippen LogP) is 3.85. The van der Waals surface area contributed by atoms with Crippen molar-refractivity contribution in [1.29, 1.82) is 0 Å². The second-order valence-corrected chi connectivity index (χ2v) is 5.82. The Hall–Kier alpha value is -1.59. The first kappa shape index (κ1) is 15.8. The SMILES string of the molecule is Cc1ccc(Br)cc1OCCOc1ccccc1C(N)=S. The van der Waals surface area contributed by atoms with Gasteiger partial charge in [-0.3, -0.25) is 0 Å². The summed E-state index contributed by atoms with van der Waals surface area (Å²) in [6, 6.07) is 13.4. The molecule has 0 amide bonds. The smallest absolute Gasteiger partial charge is 0.129 e. The average Bonchev–Trinajstić information content (AvgIpc) is 2.47. The number of hydrogen-bond acceptors (Lipinski definition) is 3. The molecule has 0 saturated carbocycles. The molecule has 21 heavy (non-hydrogen) atoms. The molecule has 0 heterocycles. The predicted molar refractivity (Wildman–Crippen MR) is 92.2 cm³/mol. The molecule has 5 heteroatoms. The third kappa shape index (κ3) is 4.44. The monoisotopic (exact) mass is 365 g/mol. The molecule has 0 radical (unpaired) electrons. The van der Waals surface area contributed by atoms with Gasteiger partial charge in [0, 0.05) is 4.47 Å². The number of benzene rings is 2. The van der Waals surface area contributed by atoms with E-state index in [1.54, 1.807) is 0 Å². The summed E-state index contributed by atoms with van der Waals surface area (Å²) in [6.07, 6.45) is 0. The highest BCUT2D eigenvalue weighted by molar-refractivity contribution is 9.10. The molecule has 0 bridgehead atoms. The van der Waals surface area contributed by atoms with E-state index in [0.29, 0.717) is 24.0 Å². The minimum absolute atomic E-state index is 0.328. The lowest BCUT2D eigenvalue weighted by Crippen LogP contribution is -2.14. The van der Waals surface area contributed by atoms with Crippen molar-refractivity contribution in [1.82, 2.24) is 0 Å². The lowest BCUT2D eigenvalue weighted by Gasteiger charge is -2.12. The van der Waals surface area contributed by atoms with Crippen LogP contribution in [-0.4, -0.2) is 18.2 Å². The van der Waals surface area contributed by atoms with E-state index in [4.69, 9.17) is 27.4 Å². The van der Waals surface area contributed by atoms with Crippen LogP contribution in [0.1, 0.15) is 11.1 Å². The number of hydrogen-bond donors (Lipinski definition) is 1. The Balaban J connectivity index is 1.91. The highest BCUT2D eigenvalue weighted by Crippen LogP contribution is 2.23. The van der Waals surface area contributed by atoms with Gasteiger partial charge in [0.25, 0.3) is 0 Å². The van der Waals surface area contributed by atoms with E-state index < -0.39 is 0 Å². The van der Waals surface area contributed by atoms with Crippen LogP contribution < -0.4 is 15.2 Å². The van der Waals surface area contributed by atoms with Crippen LogP contribution in [0.4, 0.5) is 0 Å². The Morgan fingerprint density at radius 3 is 2.48 bits per heavy atom. The number of para-hydroxylation sites is 1. The van der Waals surface area contributed by atoms with Crippen LogP contribution in [0.15, 0.2) is 46.9 Å². The van der Waals surface area contributed by atoms with Gasteiger partial charge < -0.3 is 15.2 Å². The molecule has 0 aromatic heterocycles. The van der Waals surface area contributed by atoms with Crippen molar-refractivity contribution in [3.63, 3.8) is 0 Å². The molecule has 2 aromatic carbocycles. The topological polar surface area (TPSA) is 44.5 Å². The molecule has 3 nitrogen and oxygen atoms in total. The standard InChI is InChI=1S/C16H16BrNO2S/c1-11-6-7-12(17)10-15(11)20-9-8-19-14-5-3-2-4-13(14)16(18)21/h2-7,10H,8-9H2,1H3,(H2,18,21). The molecule has 0 unspecified atom stereocenters. The fourth-order valence-electron chi connectivity index (χ4n) is 1.83. The lowest BCUT2D eigenvalue weighted by atomic mass is 10.2. The number of aryl methyl sites for hydroxylation is 1. The van der Waals surface area contributed by atoms with Crippen LogP contribution in [0.3, 0.4) is 0 Å². The van der Waals surface area contributed by atoms with Gasteiger partial charge in [0.15, 0.2) is 0 Å². The van der Waals surface area contributed by atoms with Gasteiger partial charge in [0.1, 0.15) is 29.7 Å². The molecule has 0 aliphatic heterocycles. The van der Waals surface area contributed by atoms with Crippen molar-refractivity contribution < 1.29 is 9.47 Å². The van der Waals surface area contributed by atoms with Gasteiger partial charge in [-0.25, -0.2) is 0 Å². The number of ether oxygens (including phenoxy) is 2. The van der Waals surface area contributed by atoms with Crippen molar-refractivity contribution in [2.24, 2.45) is 5.73 Å². The zero-order chi connectivity index (χ0) is 15.2. The molecular formula is C16H16BrNO2S. The van der Waals surface area contributed by atoms with Crippen molar-refractivity contribution in [2.45, 2.75) is 6.92 Å². The highest BCUT2D eigenvalue weighted by atomic mass is 79.9. The van der Waals surface area contributed by atoms with Gasteiger partial charge in [-0.2, -0.15) is 0 Å². The zero-order valence-corrected chi connectivity index (χ0v) is 14.0. The van der Waals surface area contributed by atoms with Crippen molar-refractivity contribution in [2.75, 3.05) is 13.2 Å². The van der Waals surface area contributed by atoms with Crippen LogP contribution in [-0.2, 0) is 0 Å². The Bertz CT molecular complexity index is 646. The van der Waals surface area contributed by atoms with E-state index in [0.717, 1.165) is 21.3 Å². The number of halogens is 1. The number of nitrogens with two attached hydrogens (primary N) is 1. The summed E-state index contributed by atoms with van der Waals surface area (Å²) in [5, 5.41) is 0. The number of thiocarbonyl (C=S) groups is 1. The molecule has 0 aliphatic rings. The zero-order valence-electron chi connectivity index (χ0n) is 11.6. The Morgan fingerprint density at radius 1 is 1.10 bits per heavy atom. The second kappa shape index (κ2) is 7.43. The van der Waals surface area contributed by atoms with Crippen LogP contribution in [0.25, 0.3) is 0 Å². The quantitative estimate of drug-likeness (QED) is 0.623. The Morgan fingerprint density at radius 2 is 1.76 bits per heavy atom. The largest absolute Gasteiger partial charge is 0.490 e. The van der Waals surface area contributed by atoms with E-state index in [1.807, 2.05) is 49.4 Å². The maximum absolute atomic E-state index is 5.72. The number of rotatable bonds is 6. The van der Waals surface area contributed by atoms with Crippen molar-refractivity contribution in [3.05, 3.63) is 58.1 Å². The van der Waals surface area contributed by atoms with Gasteiger partial charge in [0.05, 0.1) is 5.56 Å². The summed E-state index contributed by atoms with van der Waals surface area (Å²) in [5.74, 6) is 1.52. The van der Waals surface area contributed by atoms with E-state index in [-0.39, 0.29) is 0 Å². The molecule has 0 saturated heterocycles. The molecule has 0 atom stereocenters. The molecule has 2 rings (SSSR count). The summed E-state index contributed by atoms with van der Waals surface area (Å²) in [5.41, 5.74) is 7.49. The van der Waals surface area contributed by atoms with Gasteiger partial charge in [0.2, 0.25) is 0 Å². The van der Waals surface area contributed by atoms with E-state index >= 15 is 0 Å². The van der Waals surface area contributed by atoms with Crippen LogP contribution in [0.5, 0.6) is 11.5 Å². The first-order valence-corrected chi connectivity index (χ1v) is 7.68. The normalized spacial score (nSPS) is 10.2. The summed E-state index contributed by atoms with van der Waals surface area (Å²) in [4.78, 5) is 0.328. The minimum Gasteiger partial charge on any atom is -0.490 e. The molecule has 0 fully saturated rings. The fraction of sp³-hybridized carbons (Fsp3) is 0.188. The third-order valence-electron chi connectivity index (χ3n) is 2.90. The van der Waals surface area contributed by atoms with Crippen LogP contribution in [0, 0.1) is 6.92 Å².